The minimum atomic E-state index is -2.87. The molecule has 2 nitrogen and oxygen atoms in total. The Balaban J connectivity index is 1.26. The highest BCUT2D eigenvalue weighted by Gasteiger charge is 2.43. The molecule has 2 aromatic heterocycles. The molecule has 0 aliphatic rings. The van der Waals surface area contributed by atoms with Gasteiger partial charge in [0.2, 0.25) is 0 Å². The average molecular weight is 743 g/mol. The first-order valence-corrected chi connectivity index (χ1v) is 21.7. The van der Waals surface area contributed by atoms with Crippen LogP contribution in [0, 0.1) is 0 Å². The van der Waals surface area contributed by atoms with Gasteiger partial charge in [-0.3, -0.25) is 0 Å². The number of hydrogen-bond acceptors (Lipinski definition) is 0. The third-order valence-electron chi connectivity index (χ3n) is 11.9. The number of para-hydroxylation sites is 5. The topological polar surface area (TPSA) is 9.86 Å². The fraction of sp³-hybridized carbons (Fsp3) is 0. The molecule has 0 spiro atoms. The summed E-state index contributed by atoms with van der Waals surface area (Å²) in [6.07, 6.45) is 0. The van der Waals surface area contributed by atoms with Crippen LogP contribution >= 0.6 is 0 Å². The van der Waals surface area contributed by atoms with Gasteiger partial charge in [-0.1, -0.05) is 200 Å². The Bertz CT molecular complexity index is 3080. The van der Waals surface area contributed by atoms with E-state index in [1.165, 1.54) is 75.5 Å². The molecule has 0 amide bonds. The van der Waals surface area contributed by atoms with Gasteiger partial charge in [0.1, 0.15) is 0 Å². The molecule has 0 radical (unpaired) electrons. The molecule has 0 fully saturated rings. The first-order valence-electron chi connectivity index (χ1n) is 19.7. The van der Waals surface area contributed by atoms with Crippen molar-refractivity contribution in [1.82, 2.24) is 9.13 Å². The zero-order valence-corrected chi connectivity index (χ0v) is 32.3. The van der Waals surface area contributed by atoms with E-state index in [9.17, 15) is 0 Å². The molecule has 11 aromatic rings. The molecule has 0 aliphatic heterocycles. The minimum Gasteiger partial charge on any atom is -0.307 e. The molecule has 57 heavy (non-hydrogen) atoms. The Kier molecular flexibility index (Phi) is 7.87. The van der Waals surface area contributed by atoms with Crippen molar-refractivity contribution in [3.05, 3.63) is 231 Å². The maximum atomic E-state index is 2.53. The van der Waals surface area contributed by atoms with Gasteiger partial charge >= 0.3 is 0 Å². The molecule has 3 heteroatoms. The second-order valence-corrected chi connectivity index (χ2v) is 18.6. The van der Waals surface area contributed by atoms with Crippen molar-refractivity contribution in [2.45, 2.75) is 0 Å². The van der Waals surface area contributed by atoms with Crippen LogP contribution in [0.15, 0.2) is 231 Å². The second kappa shape index (κ2) is 13.5. The monoisotopic (exact) mass is 742 g/mol. The number of benzene rings is 9. The van der Waals surface area contributed by atoms with Gasteiger partial charge in [-0.2, -0.15) is 0 Å². The quantitative estimate of drug-likeness (QED) is 0.114. The lowest BCUT2D eigenvalue weighted by Crippen LogP contribution is -2.75. The molecule has 9 aromatic carbocycles. The van der Waals surface area contributed by atoms with Gasteiger partial charge in [-0.15, -0.1) is 0 Å². The lowest BCUT2D eigenvalue weighted by molar-refractivity contribution is 1.13. The summed E-state index contributed by atoms with van der Waals surface area (Å²) in [6, 6.07) is 85.3. The number of nitrogens with zero attached hydrogens (tertiary/aromatic N) is 2. The summed E-state index contributed by atoms with van der Waals surface area (Å²) in [6.45, 7) is 0. The van der Waals surface area contributed by atoms with Crippen molar-refractivity contribution in [2.24, 2.45) is 0 Å². The molecule has 0 N–H and O–H groups in total. The Morgan fingerprint density at radius 2 is 0.649 bits per heavy atom. The van der Waals surface area contributed by atoms with Gasteiger partial charge < -0.3 is 9.13 Å². The van der Waals surface area contributed by atoms with Crippen LogP contribution in [-0.2, 0) is 0 Å². The zero-order chi connectivity index (χ0) is 37.8. The normalized spacial score (nSPS) is 11.9. The van der Waals surface area contributed by atoms with Crippen molar-refractivity contribution in [3.63, 3.8) is 0 Å². The van der Waals surface area contributed by atoms with Crippen LogP contribution in [0.3, 0.4) is 0 Å². The van der Waals surface area contributed by atoms with Gasteiger partial charge in [0.05, 0.1) is 33.4 Å². The summed E-state index contributed by atoms with van der Waals surface area (Å²) >= 11 is 0. The fourth-order valence-electron chi connectivity index (χ4n) is 9.59. The van der Waals surface area contributed by atoms with Crippen molar-refractivity contribution < 1.29 is 0 Å². The van der Waals surface area contributed by atoms with Crippen LogP contribution in [0.4, 0.5) is 0 Å². The molecule has 0 aliphatic carbocycles. The predicted octanol–water partition coefficient (Wildman–Crippen LogP) is 10.9. The SMILES string of the molecule is c1ccc([Si](c2ccccc2)(c2ccccc2)c2ccccc2-c2ccccc2-n2c3ccccc3c3cccc(-n4c5ccccc5c5ccccc54)c32)cc1. The Morgan fingerprint density at radius 1 is 0.263 bits per heavy atom. The van der Waals surface area contributed by atoms with Gasteiger partial charge in [0.25, 0.3) is 0 Å². The number of hydrogen-bond donors (Lipinski definition) is 0. The second-order valence-electron chi connectivity index (χ2n) is 14.8. The summed E-state index contributed by atoms with van der Waals surface area (Å²) in [5, 5.41) is 10.4. The molecular formula is C54H38N2Si. The van der Waals surface area contributed by atoms with Gasteiger partial charge in [-0.05, 0) is 56.6 Å². The summed E-state index contributed by atoms with van der Waals surface area (Å²) in [5.74, 6) is 0. The van der Waals surface area contributed by atoms with E-state index in [2.05, 4.69) is 240 Å². The van der Waals surface area contributed by atoms with E-state index in [-0.39, 0.29) is 0 Å². The standard InChI is InChI=1S/C54H38N2Si/c1-4-21-39(22-5-1)57(40-23-6-2-7-24-40,41-25-8-3-9-26-41)53-38-19-14-31-46(53)44-29-12-17-35-50(44)56-51-36-18-13-30-45(51)47-32-20-37-52(54(47)56)55-48-33-15-10-27-42(48)43-28-11-16-34-49(43)55/h1-38H. The third-order valence-corrected chi connectivity index (χ3v) is 16.7. The van der Waals surface area contributed by atoms with Crippen LogP contribution in [-0.4, -0.2) is 17.2 Å². The van der Waals surface area contributed by atoms with Crippen molar-refractivity contribution >= 4 is 72.4 Å². The van der Waals surface area contributed by atoms with Gasteiger partial charge in [-0.25, -0.2) is 0 Å². The smallest absolute Gasteiger partial charge is 0.180 e. The number of aromatic nitrogens is 2. The van der Waals surface area contributed by atoms with E-state index >= 15 is 0 Å². The lowest BCUT2D eigenvalue weighted by atomic mass is 10.0. The van der Waals surface area contributed by atoms with Gasteiger partial charge in [0.15, 0.2) is 8.07 Å². The molecule has 0 bridgehead atoms. The highest BCUT2D eigenvalue weighted by molar-refractivity contribution is 7.20. The summed E-state index contributed by atoms with van der Waals surface area (Å²) in [5.41, 5.74) is 9.53. The highest BCUT2D eigenvalue weighted by Crippen LogP contribution is 2.41. The Morgan fingerprint density at radius 3 is 1.21 bits per heavy atom. The molecule has 0 atom stereocenters. The Hall–Kier alpha value is -7.20. The van der Waals surface area contributed by atoms with Crippen LogP contribution in [0.5, 0.6) is 0 Å². The molecule has 268 valence electrons. The molecule has 0 saturated carbocycles. The van der Waals surface area contributed by atoms with Crippen molar-refractivity contribution in [2.75, 3.05) is 0 Å². The van der Waals surface area contributed by atoms with Crippen LogP contribution in [0.2, 0.25) is 0 Å². The fourth-order valence-corrected chi connectivity index (χ4v) is 14.6. The van der Waals surface area contributed by atoms with Crippen LogP contribution < -0.4 is 20.7 Å². The molecule has 0 unspecified atom stereocenters. The summed E-state index contributed by atoms with van der Waals surface area (Å²) in [7, 11) is -2.87. The summed E-state index contributed by atoms with van der Waals surface area (Å²) < 4.78 is 5.00. The zero-order valence-electron chi connectivity index (χ0n) is 31.3. The lowest BCUT2D eigenvalue weighted by Gasteiger charge is -2.36. The molecular weight excluding hydrogens is 705 g/mol. The number of rotatable bonds is 7. The molecule has 11 rings (SSSR count). The highest BCUT2D eigenvalue weighted by atomic mass is 28.3. The average Bonchev–Trinajstić information content (AvgIpc) is 3.81. The number of fused-ring (bicyclic) bond motifs is 6. The van der Waals surface area contributed by atoms with E-state index in [4.69, 9.17) is 0 Å². The summed E-state index contributed by atoms with van der Waals surface area (Å²) in [4.78, 5) is 0. The Labute approximate surface area is 333 Å². The minimum absolute atomic E-state index is 1.15. The van der Waals surface area contributed by atoms with Crippen LogP contribution in [0.25, 0.3) is 66.1 Å². The van der Waals surface area contributed by atoms with E-state index in [0.29, 0.717) is 0 Å². The first-order chi connectivity index (χ1) is 28.3. The maximum absolute atomic E-state index is 2.87. The van der Waals surface area contributed by atoms with E-state index in [0.717, 1.165) is 11.4 Å². The molecule has 0 saturated heterocycles. The van der Waals surface area contributed by atoms with E-state index in [1.54, 1.807) is 0 Å². The maximum Gasteiger partial charge on any atom is 0.180 e. The molecule has 2 heterocycles. The van der Waals surface area contributed by atoms with Gasteiger partial charge in [0, 0.05) is 27.1 Å². The van der Waals surface area contributed by atoms with Crippen LogP contribution in [0.1, 0.15) is 0 Å². The van der Waals surface area contributed by atoms with Crippen molar-refractivity contribution in [3.8, 4) is 22.5 Å². The van der Waals surface area contributed by atoms with E-state index < -0.39 is 8.07 Å². The van der Waals surface area contributed by atoms with E-state index in [1.807, 2.05) is 0 Å². The largest absolute Gasteiger partial charge is 0.307 e. The van der Waals surface area contributed by atoms with Crippen molar-refractivity contribution in [1.29, 1.82) is 0 Å². The third kappa shape index (κ3) is 5.03. The first kappa shape index (κ1) is 33.2. The predicted molar refractivity (Wildman–Crippen MR) is 244 cm³/mol.